The topological polar surface area (TPSA) is 55.1 Å². The summed E-state index contributed by atoms with van der Waals surface area (Å²) in [6.45, 7) is 3.52. The molecule has 0 saturated heterocycles. The van der Waals surface area contributed by atoms with E-state index in [1.165, 1.54) is 6.92 Å². The third kappa shape index (κ3) is 3.11. The van der Waals surface area contributed by atoms with Gasteiger partial charge in [-0.1, -0.05) is 18.2 Å². The summed E-state index contributed by atoms with van der Waals surface area (Å²) in [5.74, 6) is 0.597. The Kier molecular flexibility index (Phi) is 3.44. The van der Waals surface area contributed by atoms with Gasteiger partial charge in [-0.25, -0.2) is 4.98 Å². The number of amides is 1. The Bertz CT molecular complexity index is 805. The van der Waals surface area contributed by atoms with Gasteiger partial charge in [0.25, 0.3) is 0 Å². The van der Waals surface area contributed by atoms with E-state index in [0.29, 0.717) is 12.3 Å². The molecule has 1 aromatic heterocycles. The molecule has 0 aliphatic heterocycles. The SMILES string of the molecule is CC(=O)Nc1cccc(Cc2nc3ccc(C)cc3o2)c1. The van der Waals surface area contributed by atoms with Crippen LogP contribution in [-0.4, -0.2) is 10.9 Å². The molecular weight excluding hydrogens is 264 g/mol. The maximum absolute atomic E-state index is 11.1. The van der Waals surface area contributed by atoms with Gasteiger partial charge in [0.15, 0.2) is 11.5 Å². The summed E-state index contributed by atoms with van der Waals surface area (Å²) in [5.41, 5.74) is 4.66. The Morgan fingerprint density at radius 3 is 2.90 bits per heavy atom. The molecule has 0 aliphatic carbocycles. The van der Waals surface area contributed by atoms with Gasteiger partial charge in [0.05, 0.1) is 0 Å². The van der Waals surface area contributed by atoms with Crippen molar-refractivity contribution in [3.8, 4) is 0 Å². The molecule has 0 spiro atoms. The van der Waals surface area contributed by atoms with E-state index in [-0.39, 0.29) is 5.91 Å². The number of anilines is 1. The highest BCUT2D eigenvalue weighted by molar-refractivity contribution is 5.88. The number of carbonyl (C=O) groups is 1. The highest BCUT2D eigenvalue weighted by Crippen LogP contribution is 2.20. The molecule has 1 heterocycles. The summed E-state index contributed by atoms with van der Waals surface area (Å²) in [7, 11) is 0. The Morgan fingerprint density at radius 1 is 1.24 bits per heavy atom. The normalized spacial score (nSPS) is 10.8. The van der Waals surface area contributed by atoms with Gasteiger partial charge < -0.3 is 9.73 Å². The predicted octanol–water partition coefficient (Wildman–Crippen LogP) is 3.69. The Hall–Kier alpha value is -2.62. The number of nitrogens with zero attached hydrogens (tertiary/aromatic N) is 1. The molecule has 0 atom stereocenters. The number of aryl methyl sites for hydroxylation is 1. The van der Waals surface area contributed by atoms with Crippen LogP contribution in [0.15, 0.2) is 46.9 Å². The van der Waals surface area contributed by atoms with Gasteiger partial charge in [-0.15, -0.1) is 0 Å². The molecule has 0 bridgehead atoms. The minimum Gasteiger partial charge on any atom is -0.440 e. The van der Waals surface area contributed by atoms with Gasteiger partial charge in [-0.2, -0.15) is 0 Å². The fourth-order valence-electron chi connectivity index (χ4n) is 2.29. The summed E-state index contributed by atoms with van der Waals surface area (Å²) >= 11 is 0. The monoisotopic (exact) mass is 280 g/mol. The molecule has 106 valence electrons. The number of hydrogen-bond donors (Lipinski definition) is 1. The van der Waals surface area contributed by atoms with Crippen molar-refractivity contribution < 1.29 is 9.21 Å². The molecule has 1 N–H and O–H groups in total. The quantitative estimate of drug-likeness (QED) is 0.796. The predicted molar refractivity (Wildman–Crippen MR) is 82.3 cm³/mol. The van der Waals surface area contributed by atoms with Crippen LogP contribution in [0.1, 0.15) is 23.9 Å². The van der Waals surface area contributed by atoms with Crippen molar-refractivity contribution >= 4 is 22.7 Å². The molecule has 1 amide bonds. The maximum Gasteiger partial charge on any atom is 0.221 e. The first kappa shape index (κ1) is 13.4. The van der Waals surface area contributed by atoms with E-state index >= 15 is 0 Å². The standard InChI is InChI=1S/C17H16N2O2/c1-11-6-7-15-16(8-11)21-17(19-15)10-13-4-3-5-14(9-13)18-12(2)20/h3-9H,10H2,1-2H3,(H,18,20). The van der Waals surface area contributed by atoms with E-state index in [9.17, 15) is 4.79 Å². The lowest BCUT2D eigenvalue weighted by molar-refractivity contribution is -0.114. The Balaban J connectivity index is 1.86. The molecular formula is C17H16N2O2. The van der Waals surface area contributed by atoms with Crippen LogP contribution in [0, 0.1) is 6.92 Å². The fraction of sp³-hybridized carbons (Fsp3) is 0.176. The summed E-state index contributed by atoms with van der Waals surface area (Å²) in [6.07, 6.45) is 0.598. The van der Waals surface area contributed by atoms with Crippen molar-refractivity contribution in [1.82, 2.24) is 4.98 Å². The molecule has 0 saturated carbocycles. The molecule has 2 aromatic carbocycles. The number of fused-ring (bicyclic) bond motifs is 1. The van der Waals surface area contributed by atoms with E-state index in [1.807, 2.05) is 49.4 Å². The number of oxazole rings is 1. The number of benzene rings is 2. The van der Waals surface area contributed by atoms with Crippen LogP contribution in [0.3, 0.4) is 0 Å². The van der Waals surface area contributed by atoms with Crippen LogP contribution in [0.4, 0.5) is 5.69 Å². The minimum absolute atomic E-state index is 0.0792. The molecule has 0 fully saturated rings. The van der Waals surface area contributed by atoms with Crippen LogP contribution in [-0.2, 0) is 11.2 Å². The third-order valence-corrected chi connectivity index (χ3v) is 3.19. The van der Waals surface area contributed by atoms with Gasteiger partial charge in [0.1, 0.15) is 5.52 Å². The second kappa shape index (κ2) is 5.40. The molecule has 4 heteroatoms. The molecule has 0 aliphatic rings. The average molecular weight is 280 g/mol. The van der Waals surface area contributed by atoms with Gasteiger partial charge in [0.2, 0.25) is 5.91 Å². The lowest BCUT2D eigenvalue weighted by Crippen LogP contribution is -2.05. The van der Waals surface area contributed by atoms with E-state index in [1.54, 1.807) is 0 Å². The van der Waals surface area contributed by atoms with E-state index in [0.717, 1.165) is 27.9 Å². The van der Waals surface area contributed by atoms with Crippen molar-refractivity contribution in [2.24, 2.45) is 0 Å². The summed E-state index contributed by atoms with van der Waals surface area (Å²) < 4.78 is 5.78. The van der Waals surface area contributed by atoms with Gasteiger partial charge in [-0.05, 0) is 42.3 Å². The van der Waals surface area contributed by atoms with Gasteiger partial charge >= 0.3 is 0 Å². The molecule has 0 unspecified atom stereocenters. The number of hydrogen-bond acceptors (Lipinski definition) is 3. The minimum atomic E-state index is -0.0792. The van der Waals surface area contributed by atoms with E-state index in [2.05, 4.69) is 10.3 Å². The largest absolute Gasteiger partial charge is 0.440 e. The van der Waals surface area contributed by atoms with Crippen molar-refractivity contribution in [2.45, 2.75) is 20.3 Å². The number of nitrogens with one attached hydrogen (secondary N) is 1. The second-order valence-electron chi connectivity index (χ2n) is 5.14. The molecule has 21 heavy (non-hydrogen) atoms. The zero-order chi connectivity index (χ0) is 14.8. The van der Waals surface area contributed by atoms with Crippen molar-refractivity contribution in [2.75, 3.05) is 5.32 Å². The smallest absolute Gasteiger partial charge is 0.221 e. The van der Waals surface area contributed by atoms with Crippen molar-refractivity contribution in [3.05, 3.63) is 59.5 Å². The van der Waals surface area contributed by atoms with Crippen LogP contribution < -0.4 is 5.32 Å². The van der Waals surface area contributed by atoms with Crippen LogP contribution in [0.25, 0.3) is 11.1 Å². The number of aromatic nitrogens is 1. The first-order valence-electron chi connectivity index (χ1n) is 6.83. The first-order chi connectivity index (χ1) is 10.1. The Labute approximate surface area is 122 Å². The maximum atomic E-state index is 11.1. The van der Waals surface area contributed by atoms with Gasteiger partial charge in [0, 0.05) is 19.0 Å². The van der Waals surface area contributed by atoms with Gasteiger partial charge in [-0.3, -0.25) is 4.79 Å². The van der Waals surface area contributed by atoms with E-state index in [4.69, 9.17) is 4.42 Å². The lowest BCUT2D eigenvalue weighted by atomic mass is 10.1. The summed E-state index contributed by atoms with van der Waals surface area (Å²) in [5, 5.41) is 2.78. The van der Waals surface area contributed by atoms with Crippen LogP contribution >= 0.6 is 0 Å². The third-order valence-electron chi connectivity index (χ3n) is 3.19. The molecule has 3 rings (SSSR count). The molecule has 0 radical (unpaired) electrons. The lowest BCUT2D eigenvalue weighted by Gasteiger charge is -2.04. The van der Waals surface area contributed by atoms with Crippen molar-refractivity contribution in [1.29, 1.82) is 0 Å². The summed E-state index contributed by atoms with van der Waals surface area (Å²) in [4.78, 5) is 15.6. The molecule has 3 aromatic rings. The zero-order valence-corrected chi connectivity index (χ0v) is 12.0. The number of carbonyl (C=O) groups excluding carboxylic acids is 1. The zero-order valence-electron chi connectivity index (χ0n) is 12.0. The van der Waals surface area contributed by atoms with Crippen LogP contribution in [0.2, 0.25) is 0 Å². The number of rotatable bonds is 3. The first-order valence-corrected chi connectivity index (χ1v) is 6.83. The second-order valence-corrected chi connectivity index (χ2v) is 5.14. The molecule has 4 nitrogen and oxygen atoms in total. The van der Waals surface area contributed by atoms with Crippen molar-refractivity contribution in [3.63, 3.8) is 0 Å². The summed E-state index contributed by atoms with van der Waals surface area (Å²) in [6, 6.07) is 13.7. The Morgan fingerprint density at radius 2 is 2.10 bits per heavy atom. The van der Waals surface area contributed by atoms with Crippen LogP contribution in [0.5, 0.6) is 0 Å². The average Bonchev–Trinajstić information content (AvgIpc) is 2.79. The van der Waals surface area contributed by atoms with E-state index < -0.39 is 0 Å². The highest BCUT2D eigenvalue weighted by atomic mass is 16.3. The fourth-order valence-corrected chi connectivity index (χ4v) is 2.29. The highest BCUT2D eigenvalue weighted by Gasteiger charge is 2.07.